The fourth-order valence-electron chi connectivity index (χ4n) is 2.51. The predicted octanol–water partition coefficient (Wildman–Crippen LogP) is 4.21. The van der Waals surface area contributed by atoms with E-state index in [4.69, 9.17) is 17.3 Å². The normalized spacial score (nSPS) is 11.8. The Labute approximate surface area is 146 Å². The van der Waals surface area contributed by atoms with Gasteiger partial charge in [-0.25, -0.2) is 4.79 Å². The van der Waals surface area contributed by atoms with E-state index in [0.717, 1.165) is 5.56 Å². The number of benzene rings is 2. The molecule has 2 rings (SSSR count). The quantitative estimate of drug-likeness (QED) is 0.758. The molecular weight excluding hydrogens is 326 g/mol. The van der Waals surface area contributed by atoms with Crippen LogP contribution in [0.1, 0.15) is 25.3 Å². The molecule has 6 heteroatoms. The number of nitrogens with one attached hydrogen (secondary N) is 2. The van der Waals surface area contributed by atoms with Crippen molar-refractivity contribution in [3.8, 4) is 0 Å². The van der Waals surface area contributed by atoms with E-state index in [1.165, 1.54) is 0 Å². The molecule has 0 bridgehead atoms. The van der Waals surface area contributed by atoms with Crippen LogP contribution in [0, 0.1) is 5.92 Å². The van der Waals surface area contributed by atoms with Crippen LogP contribution in [0.5, 0.6) is 0 Å². The highest BCUT2D eigenvalue weighted by molar-refractivity contribution is 6.30. The number of urea groups is 1. The Morgan fingerprint density at radius 2 is 1.42 bits per heavy atom. The smallest absolute Gasteiger partial charge is 0.316 e. The third-order valence-electron chi connectivity index (χ3n) is 3.60. The summed E-state index contributed by atoms with van der Waals surface area (Å²) in [7, 11) is 0. The fraction of sp³-hybridized carbons (Fsp3) is 0.222. The summed E-state index contributed by atoms with van der Waals surface area (Å²) in [5.41, 5.74) is 7.19. The molecule has 0 radical (unpaired) electrons. The van der Waals surface area contributed by atoms with Crippen LogP contribution in [0.15, 0.2) is 48.5 Å². The van der Waals surface area contributed by atoms with E-state index >= 15 is 0 Å². The summed E-state index contributed by atoms with van der Waals surface area (Å²) in [6, 6.07) is 13.4. The number of primary amides is 1. The van der Waals surface area contributed by atoms with Crippen molar-refractivity contribution in [3.63, 3.8) is 0 Å². The molecule has 2 aromatic carbocycles. The van der Waals surface area contributed by atoms with Gasteiger partial charge in [0.2, 0.25) is 5.91 Å². The molecule has 0 saturated heterocycles. The zero-order chi connectivity index (χ0) is 17.7. The molecule has 126 valence electrons. The Morgan fingerprint density at radius 3 is 1.88 bits per heavy atom. The molecule has 24 heavy (non-hydrogen) atoms. The molecule has 0 aromatic heterocycles. The zero-order valence-electron chi connectivity index (χ0n) is 13.5. The average molecular weight is 346 g/mol. The molecule has 0 heterocycles. The van der Waals surface area contributed by atoms with Gasteiger partial charge in [-0.3, -0.25) is 4.79 Å². The van der Waals surface area contributed by atoms with Gasteiger partial charge in [-0.05, 0) is 47.9 Å². The van der Waals surface area contributed by atoms with E-state index in [9.17, 15) is 9.59 Å². The van der Waals surface area contributed by atoms with Crippen molar-refractivity contribution in [2.24, 2.45) is 11.7 Å². The Kier molecular flexibility index (Phi) is 5.82. The van der Waals surface area contributed by atoms with Crippen molar-refractivity contribution in [2.75, 3.05) is 10.6 Å². The first-order valence-corrected chi connectivity index (χ1v) is 7.97. The molecule has 0 aliphatic heterocycles. The number of anilines is 2. The van der Waals surface area contributed by atoms with Crippen LogP contribution in [0.2, 0.25) is 5.02 Å². The summed E-state index contributed by atoms with van der Waals surface area (Å²) in [6.07, 6.45) is 0. The molecule has 1 unspecified atom stereocenters. The number of amides is 3. The summed E-state index contributed by atoms with van der Waals surface area (Å²) in [6.45, 7) is 4.00. The lowest BCUT2D eigenvalue weighted by molar-refractivity contribution is -0.118. The minimum Gasteiger partial charge on any atom is -0.351 e. The van der Waals surface area contributed by atoms with Crippen LogP contribution < -0.4 is 16.4 Å². The fourth-order valence-corrected chi connectivity index (χ4v) is 2.63. The van der Waals surface area contributed by atoms with Crippen molar-refractivity contribution in [1.82, 2.24) is 0 Å². The Hall–Kier alpha value is -2.53. The number of carbonyl (C=O) groups is 2. The minimum atomic E-state index is -0.630. The van der Waals surface area contributed by atoms with Gasteiger partial charge in [0.05, 0.1) is 5.92 Å². The van der Waals surface area contributed by atoms with Crippen LogP contribution in [-0.2, 0) is 4.79 Å². The van der Waals surface area contributed by atoms with E-state index in [-0.39, 0.29) is 17.7 Å². The number of halogens is 1. The van der Waals surface area contributed by atoms with Gasteiger partial charge in [0.1, 0.15) is 0 Å². The lowest BCUT2D eigenvalue weighted by Gasteiger charge is -2.21. The highest BCUT2D eigenvalue weighted by Crippen LogP contribution is 2.27. The van der Waals surface area contributed by atoms with Crippen LogP contribution in [0.25, 0.3) is 0 Å². The minimum absolute atomic E-state index is 0.0945. The van der Waals surface area contributed by atoms with Crippen LogP contribution in [-0.4, -0.2) is 11.9 Å². The SMILES string of the molecule is CC(C)C(C(=O)Nc1ccc(NC(N)=O)cc1)c1ccc(Cl)cc1. The van der Waals surface area contributed by atoms with Crippen molar-refractivity contribution >= 4 is 34.9 Å². The van der Waals surface area contributed by atoms with E-state index in [2.05, 4.69) is 10.6 Å². The molecule has 0 aliphatic carbocycles. The van der Waals surface area contributed by atoms with Crippen molar-refractivity contribution in [1.29, 1.82) is 0 Å². The lowest BCUT2D eigenvalue weighted by atomic mass is 9.87. The maximum atomic E-state index is 12.7. The Balaban J connectivity index is 2.13. The van der Waals surface area contributed by atoms with E-state index in [1.807, 2.05) is 26.0 Å². The average Bonchev–Trinajstić information content (AvgIpc) is 2.50. The van der Waals surface area contributed by atoms with Gasteiger partial charge in [0, 0.05) is 16.4 Å². The number of nitrogens with two attached hydrogens (primary N) is 1. The maximum absolute atomic E-state index is 12.7. The van der Waals surface area contributed by atoms with Gasteiger partial charge >= 0.3 is 6.03 Å². The monoisotopic (exact) mass is 345 g/mol. The molecule has 2 aromatic rings. The van der Waals surface area contributed by atoms with E-state index in [1.54, 1.807) is 36.4 Å². The van der Waals surface area contributed by atoms with Gasteiger partial charge in [0.25, 0.3) is 0 Å². The second-order valence-corrected chi connectivity index (χ2v) is 6.27. The van der Waals surface area contributed by atoms with Gasteiger partial charge in [-0.15, -0.1) is 0 Å². The summed E-state index contributed by atoms with van der Waals surface area (Å²) in [5.74, 6) is -0.254. The largest absolute Gasteiger partial charge is 0.351 e. The zero-order valence-corrected chi connectivity index (χ0v) is 14.3. The van der Waals surface area contributed by atoms with Crippen LogP contribution in [0.4, 0.5) is 16.2 Å². The maximum Gasteiger partial charge on any atom is 0.316 e. The highest BCUT2D eigenvalue weighted by atomic mass is 35.5. The molecule has 0 spiro atoms. The van der Waals surface area contributed by atoms with Gasteiger partial charge in [-0.1, -0.05) is 37.6 Å². The second-order valence-electron chi connectivity index (χ2n) is 5.83. The molecule has 5 nitrogen and oxygen atoms in total. The number of hydrogen-bond donors (Lipinski definition) is 3. The summed E-state index contributed by atoms with van der Waals surface area (Å²) in [4.78, 5) is 23.5. The first kappa shape index (κ1) is 17.8. The van der Waals surface area contributed by atoms with E-state index in [0.29, 0.717) is 16.4 Å². The molecule has 0 aliphatic rings. The highest BCUT2D eigenvalue weighted by Gasteiger charge is 2.24. The van der Waals surface area contributed by atoms with Crippen LogP contribution in [0.3, 0.4) is 0 Å². The van der Waals surface area contributed by atoms with Gasteiger partial charge in [-0.2, -0.15) is 0 Å². The molecule has 0 fully saturated rings. The standard InChI is InChI=1S/C18H20ClN3O2/c1-11(2)16(12-3-5-13(19)6-4-12)17(23)21-14-7-9-15(10-8-14)22-18(20)24/h3-11,16H,1-2H3,(H,21,23)(H3,20,22,24). The first-order chi connectivity index (χ1) is 11.4. The third-order valence-corrected chi connectivity index (χ3v) is 3.85. The summed E-state index contributed by atoms with van der Waals surface area (Å²) >= 11 is 5.92. The van der Waals surface area contributed by atoms with Gasteiger partial charge in [0.15, 0.2) is 0 Å². The molecular formula is C18H20ClN3O2. The molecule has 4 N–H and O–H groups in total. The third kappa shape index (κ3) is 4.73. The topological polar surface area (TPSA) is 84.2 Å². The number of hydrogen-bond acceptors (Lipinski definition) is 2. The number of carbonyl (C=O) groups excluding carboxylic acids is 2. The van der Waals surface area contributed by atoms with E-state index < -0.39 is 6.03 Å². The summed E-state index contributed by atoms with van der Waals surface area (Å²) < 4.78 is 0. The van der Waals surface area contributed by atoms with Crippen molar-refractivity contribution < 1.29 is 9.59 Å². The van der Waals surface area contributed by atoms with Crippen molar-refractivity contribution in [2.45, 2.75) is 19.8 Å². The number of rotatable bonds is 5. The predicted molar refractivity (Wildman–Crippen MR) is 97.3 cm³/mol. The Morgan fingerprint density at radius 1 is 0.917 bits per heavy atom. The molecule has 1 atom stereocenters. The first-order valence-electron chi connectivity index (χ1n) is 7.59. The van der Waals surface area contributed by atoms with Gasteiger partial charge < -0.3 is 16.4 Å². The lowest BCUT2D eigenvalue weighted by Crippen LogP contribution is -2.25. The summed E-state index contributed by atoms with van der Waals surface area (Å²) in [5, 5.41) is 6.01. The second kappa shape index (κ2) is 7.84. The Bertz CT molecular complexity index is 712. The van der Waals surface area contributed by atoms with Crippen molar-refractivity contribution in [3.05, 3.63) is 59.1 Å². The molecule has 0 saturated carbocycles. The van der Waals surface area contributed by atoms with Crippen LogP contribution >= 0.6 is 11.6 Å². The molecule has 3 amide bonds.